The molecule has 0 unspecified atom stereocenters. The van der Waals surface area contributed by atoms with E-state index in [-0.39, 0.29) is 5.43 Å². The number of hydrogen-bond donors (Lipinski definition) is 0. The Labute approximate surface area is 105 Å². The summed E-state index contributed by atoms with van der Waals surface area (Å²) in [6.07, 6.45) is 3.89. The maximum atomic E-state index is 11.8. The minimum Gasteiger partial charge on any atom is -0.461 e. The van der Waals surface area contributed by atoms with E-state index in [0.29, 0.717) is 16.8 Å². The van der Waals surface area contributed by atoms with Crippen LogP contribution in [0.5, 0.6) is 0 Å². The number of unbranched alkanes of at least 4 members (excludes halogenated alkanes) is 2. The highest BCUT2D eigenvalue weighted by atomic mass is 35.5. The molecule has 2 nitrogen and oxygen atoms in total. The van der Waals surface area contributed by atoms with Crippen molar-refractivity contribution in [2.24, 2.45) is 0 Å². The second-order valence-corrected chi connectivity index (χ2v) is 4.45. The molecule has 0 N–H and O–H groups in total. The van der Waals surface area contributed by atoms with Gasteiger partial charge in [0.25, 0.3) is 0 Å². The smallest absolute Gasteiger partial charge is 0.192 e. The zero-order valence-electron chi connectivity index (χ0n) is 9.62. The van der Waals surface area contributed by atoms with Crippen LogP contribution in [0.1, 0.15) is 25.0 Å². The molecule has 0 amide bonds. The van der Waals surface area contributed by atoms with Crippen molar-refractivity contribution in [1.82, 2.24) is 0 Å². The van der Waals surface area contributed by atoms with Crippen LogP contribution >= 0.6 is 11.6 Å². The summed E-state index contributed by atoms with van der Waals surface area (Å²) in [5, 5.41) is 0.650. The van der Waals surface area contributed by atoms with Gasteiger partial charge in [0.15, 0.2) is 5.43 Å². The average molecular weight is 251 g/mol. The number of benzene rings is 1. The van der Waals surface area contributed by atoms with Crippen LogP contribution < -0.4 is 5.43 Å². The Morgan fingerprint density at radius 3 is 2.76 bits per heavy atom. The molecule has 0 bridgehead atoms. The highest BCUT2D eigenvalue weighted by molar-refractivity contribution is 6.17. The maximum absolute atomic E-state index is 11.8. The van der Waals surface area contributed by atoms with Gasteiger partial charge in [-0.2, -0.15) is 0 Å². The van der Waals surface area contributed by atoms with Gasteiger partial charge >= 0.3 is 0 Å². The van der Waals surface area contributed by atoms with E-state index in [9.17, 15) is 4.79 Å². The van der Waals surface area contributed by atoms with Gasteiger partial charge in [0.2, 0.25) is 0 Å². The number of halogens is 1. The van der Waals surface area contributed by atoms with Gasteiger partial charge < -0.3 is 4.42 Å². The van der Waals surface area contributed by atoms with Crippen molar-refractivity contribution in [3.8, 4) is 0 Å². The second kappa shape index (κ2) is 5.87. The number of aryl methyl sites for hydroxylation is 1. The van der Waals surface area contributed by atoms with Gasteiger partial charge in [-0.3, -0.25) is 4.79 Å². The fourth-order valence-corrected chi connectivity index (χ4v) is 2.04. The lowest BCUT2D eigenvalue weighted by Crippen LogP contribution is -2.02. The van der Waals surface area contributed by atoms with E-state index in [4.69, 9.17) is 16.0 Å². The molecule has 90 valence electrons. The highest BCUT2D eigenvalue weighted by Crippen LogP contribution is 2.13. The van der Waals surface area contributed by atoms with Crippen molar-refractivity contribution in [3.63, 3.8) is 0 Å². The Bertz CT molecular complexity index is 545. The predicted octanol–water partition coefficient (Wildman–Crippen LogP) is 3.74. The Hall–Kier alpha value is -1.28. The summed E-state index contributed by atoms with van der Waals surface area (Å²) in [4.78, 5) is 11.8. The SMILES string of the molecule is O=c1cc(CCCCCCl)oc2ccccc12. The van der Waals surface area contributed by atoms with Crippen molar-refractivity contribution >= 4 is 22.6 Å². The van der Waals surface area contributed by atoms with E-state index in [2.05, 4.69) is 0 Å². The second-order valence-electron chi connectivity index (χ2n) is 4.07. The van der Waals surface area contributed by atoms with Crippen LogP contribution in [0.2, 0.25) is 0 Å². The average Bonchev–Trinajstić information content (AvgIpc) is 2.35. The molecule has 0 saturated heterocycles. The fraction of sp³-hybridized carbons (Fsp3) is 0.357. The van der Waals surface area contributed by atoms with Gasteiger partial charge in [-0.25, -0.2) is 0 Å². The van der Waals surface area contributed by atoms with E-state index in [1.54, 1.807) is 12.1 Å². The molecule has 2 rings (SSSR count). The van der Waals surface area contributed by atoms with E-state index in [1.807, 2.05) is 18.2 Å². The van der Waals surface area contributed by atoms with Gasteiger partial charge in [0.05, 0.1) is 5.39 Å². The number of para-hydroxylation sites is 1. The van der Waals surface area contributed by atoms with Gasteiger partial charge in [-0.15, -0.1) is 11.6 Å². The van der Waals surface area contributed by atoms with Crippen LogP contribution in [0, 0.1) is 0 Å². The van der Waals surface area contributed by atoms with Gasteiger partial charge in [-0.05, 0) is 25.0 Å². The molecule has 0 spiro atoms. The molecule has 0 atom stereocenters. The molecule has 1 aromatic heterocycles. The quantitative estimate of drug-likeness (QED) is 0.598. The standard InChI is InChI=1S/C14H15ClO2/c15-9-5-1-2-6-11-10-13(16)12-7-3-4-8-14(12)17-11/h3-4,7-8,10H,1-2,5-6,9H2. The summed E-state index contributed by atoms with van der Waals surface area (Å²) in [7, 11) is 0. The first kappa shape index (κ1) is 12.2. The molecular weight excluding hydrogens is 236 g/mol. The molecular formula is C14H15ClO2. The van der Waals surface area contributed by atoms with Crippen LogP contribution in [0.4, 0.5) is 0 Å². The third-order valence-electron chi connectivity index (χ3n) is 2.74. The van der Waals surface area contributed by atoms with Crippen molar-refractivity contribution in [2.45, 2.75) is 25.7 Å². The number of hydrogen-bond acceptors (Lipinski definition) is 2. The Kier molecular flexibility index (Phi) is 4.21. The Balaban J connectivity index is 2.16. The molecule has 1 aromatic carbocycles. The first-order valence-electron chi connectivity index (χ1n) is 5.89. The Morgan fingerprint density at radius 2 is 1.94 bits per heavy atom. The zero-order chi connectivity index (χ0) is 12.1. The maximum Gasteiger partial charge on any atom is 0.192 e. The molecule has 0 aliphatic rings. The monoisotopic (exact) mass is 250 g/mol. The molecule has 1 heterocycles. The largest absolute Gasteiger partial charge is 0.461 e. The van der Waals surface area contributed by atoms with Crippen molar-refractivity contribution in [3.05, 3.63) is 46.3 Å². The topological polar surface area (TPSA) is 30.2 Å². The van der Waals surface area contributed by atoms with Crippen LogP contribution in [-0.2, 0) is 6.42 Å². The van der Waals surface area contributed by atoms with Gasteiger partial charge in [0, 0.05) is 18.4 Å². The van der Waals surface area contributed by atoms with Crippen molar-refractivity contribution in [1.29, 1.82) is 0 Å². The van der Waals surface area contributed by atoms with Gasteiger partial charge in [-0.1, -0.05) is 18.6 Å². The summed E-state index contributed by atoms with van der Waals surface area (Å²) in [6, 6.07) is 8.95. The van der Waals surface area contributed by atoms with Crippen LogP contribution in [0.25, 0.3) is 11.0 Å². The lowest BCUT2D eigenvalue weighted by molar-refractivity contribution is 0.519. The third kappa shape index (κ3) is 3.10. The van der Waals surface area contributed by atoms with Crippen molar-refractivity contribution in [2.75, 3.05) is 5.88 Å². The minimum absolute atomic E-state index is 0.0409. The summed E-state index contributed by atoms with van der Waals surface area (Å²) >= 11 is 5.61. The van der Waals surface area contributed by atoms with Crippen molar-refractivity contribution < 1.29 is 4.42 Å². The van der Waals surface area contributed by atoms with E-state index in [1.165, 1.54) is 0 Å². The first-order valence-corrected chi connectivity index (χ1v) is 6.42. The minimum atomic E-state index is 0.0409. The van der Waals surface area contributed by atoms with Crippen LogP contribution in [0.15, 0.2) is 39.5 Å². The summed E-state index contributed by atoms with van der Waals surface area (Å²) in [6.45, 7) is 0. The third-order valence-corrected chi connectivity index (χ3v) is 3.01. The molecule has 0 saturated carbocycles. The first-order chi connectivity index (χ1) is 8.31. The summed E-state index contributed by atoms with van der Waals surface area (Å²) < 4.78 is 5.69. The van der Waals surface area contributed by atoms with Crippen LogP contribution in [-0.4, -0.2) is 5.88 Å². The van der Waals surface area contributed by atoms with Crippen LogP contribution in [0.3, 0.4) is 0 Å². The lowest BCUT2D eigenvalue weighted by atomic mass is 10.1. The molecule has 0 radical (unpaired) electrons. The van der Waals surface area contributed by atoms with E-state index < -0.39 is 0 Å². The Morgan fingerprint density at radius 1 is 1.12 bits per heavy atom. The summed E-state index contributed by atoms with van der Waals surface area (Å²) in [5.74, 6) is 1.46. The normalized spacial score (nSPS) is 10.9. The number of rotatable bonds is 5. The molecule has 0 aliphatic heterocycles. The molecule has 0 aliphatic carbocycles. The zero-order valence-corrected chi connectivity index (χ0v) is 10.4. The molecule has 2 aromatic rings. The molecule has 0 fully saturated rings. The van der Waals surface area contributed by atoms with E-state index >= 15 is 0 Å². The number of fused-ring (bicyclic) bond motifs is 1. The number of alkyl halides is 1. The summed E-state index contributed by atoms with van der Waals surface area (Å²) in [5.41, 5.74) is 0.714. The fourth-order valence-electron chi connectivity index (χ4n) is 1.85. The van der Waals surface area contributed by atoms with E-state index in [0.717, 1.165) is 31.4 Å². The highest BCUT2D eigenvalue weighted by Gasteiger charge is 2.03. The molecule has 17 heavy (non-hydrogen) atoms. The lowest BCUT2D eigenvalue weighted by Gasteiger charge is -2.02. The predicted molar refractivity (Wildman–Crippen MR) is 70.8 cm³/mol. The van der Waals surface area contributed by atoms with Gasteiger partial charge in [0.1, 0.15) is 11.3 Å². The molecule has 3 heteroatoms.